The fraction of sp³-hybridized carbons (Fsp3) is 0.471. The van der Waals surface area contributed by atoms with Crippen LogP contribution in [-0.4, -0.2) is 34.7 Å². The lowest BCUT2D eigenvalue weighted by Crippen LogP contribution is -2.37. The number of rotatable bonds is 5. The topological polar surface area (TPSA) is 75.2 Å². The van der Waals surface area contributed by atoms with Gasteiger partial charge in [-0.1, -0.05) is 5.16 Å². The Balaban J connectivity index is 1.52. The van der Waals surface area contributed by atoms with Crippen molar-refractivity contribution in [2.24, 2.45) is 5.92 Å². The Morgan fingerprint density at radius 3 is 3.22 bits per heavy atom. The van der Waals surface area contributed by atoms with Crippen LogP contribution in [0.2, 0.25) is 0 Å². The summed E-state index contributed by atoms with van der Waals surface area (Å²) in [7, 11) is 0. The van der Waals surface area contributed by atoms with E-state index in [2.05, 4.69) is 21.1 Å². The van der Waals surface area contributed by atoms with Gasteiger partial charge in [0, 0.05) is 36.8 Å². The molecule has 2 aromatic heterocycles. The highest BCUT2D eigenvalue weighted by atomic mass is 16.5. The highest BCUT2D eigenvalue weighted by Gasteiger charge is 2.21. The summed E-state index contributed by atoms with van der Waals surface area (Å²) in [4.78, 5) is 6.57. The lowest BCUT2D eigenvalue weighted by molar-refractivity contribution is 0.122. The van der Waals surface area contributed by atoms with Gasteiger partial charge in [0.05, 0.1) is 24.4 Å². The molecule has 1 unspecified atom stereocenters. The van der Waals surface area contributed by atoms with Crippen LogP contribution in [0.25, 0.3) is 0 Å². The first-order valence-corrected chi connectivity index (χ1v) is 7.86. The number of pyridine rings is 1. The number of hydrogen-bond acceptors (Lipinski definition) is 6. The van der Waals surface area contributed by atoms with E-state index in [1.165, 1.54) is 0 Å². The first kappa shape index (κ1) is 15.5. The molecule has 1 atom stereocenters. The number of nitrogens with zero attached hydrogens (tertiary/aromatic N) is 4. The number of likely N-dealkylation sites (tertiary alicyclic amines) is 1. The van der Waals surface area contributed by atoms with Crippen LogP contribution in [0.15, 0.2) is 29.0 Å². The molecule has 1 aliphatic heterocycles. The Morgan fingerprint density at radius 1 is 1.52 bits per heavy atom. The monoisotopic (exact) mass is 312 g/mol. The maximum Gasteiger partial charge on any atom is 0.214 e. The molecule has 6 nitrogen and oxygen atoms in total. The van der Waals surface area contributed by atoms with Gasteiger partial charge in [-0.3, -0.25) is 4.90 Å². The molecule has 1 fully saturated rings. The van der Waals surface area contributed by atoms with Crippen LogP contribution in [0.5, 0.6) is 5.88 Å². The average molecular weight is 312 g/mol. The van der Waals surface area contributed by atoms with Gasteiger partial charge in [-0.05, 0) is 32.4 Å². The predicted molar refractivity (Wildman–Crippen MR) is 83.7 cm³/mol. The third kappa shape index (κ3) is 4.08. The van der Waals surface area contributed by atoms with Crippen LogP contribution in [-0.2, 0) is 6.54 Å². The molecule has 6 heteroatoms. The molecule has 0 bridgehead atoms. The molecule has 3 heterocycles. The van der Waals surface area contributed by atoms with Gasteiger partial charge in [-0.2, -0.15) is 5.26 Å². The summed E-state index contributed by atoms with van der Waals surface area (Å²) in [6, 6.07) is 5.46. The largest absolute Gasteiger partial charge is 0.477 e. The Bertz CT molecular complexity index is 692. The SMILES string of the molecule is Cc1oncc1CN1CCCC(COc2cc(C#N)ccn2)C1. The van der Waals surface area contributed by atoms with E-state index >= 15 is 0 Å². The normalized spacial score (nSPS) is 18.5. The summed E-state index contributed by atoms with van der Waals surface area (Å²) in [6.45, 7) is 5.52. The van der Waals surface area contributed by atoms with Crippen LogP contribution in [0.3, 0.4) is 0 Å². The smallest absolute Gasteiger partial charge is 0.214 e. The maximum atomic E-state index is 8.91. The second-order valence-electron chi connectivity index (χ2n) is 5.96. The van der Waals surface area contributed by atoms with Gasteiger partial charge < -0.3 is 9.26 Å². The number of aromatic nitrogens is 2. The van der Waals surface area contributed by atoms with E-state index in [4.69, 9.17) is 14.5 Å². The number of ether oxygens (including phenoxy) is 1. The van der Waals surface area contributed by atoms with Crippen molar-refractivity contribution in [3.63, 3.8) is 0 Å². The minimum atomic E-state index is 0.469. The van der Waals surface area contributed by atoms with Gasteiger partial charge in [0.2, 0.25) is 5.88 Å². The fourth-order valence-electron chi connectivity index (χ4n) is 2.90. The van der Waals surface area contributed by atoms with Gasteiger partial charge in [-0.15, -0.1) is 0 Å². The lowest BCUT2D eigenvalue weighted by atomic mass is 9.98. The Hall–Kier alpha value is -2.39. The molecular weight excluding hydrogens is 292 g/mol. The highest BCUT2D eigenvalue weighted by molar-refractivity contribution is 5.31. The summed E-state index contributed by atoms with van der Waals surface area (Å²) in [5.74, 6) is 1.88. The minimum absolute atomic E-state index is 0.469. The third-order valence-corrected chi connectivity index (χ3v) is 4.18. The Morgan fingerprint density at radius 2 is 2.43 bits per heavy atom. The first-order valence-electron chi connectivity index (χ1n) is 7.86. The first-order chi connectivity index (χ1) is 11.2. The quantitative estimate of drug-likeness (QED) is 0.844. The summed E-state index contributed by atoms with van der Waals surface area (Å²) in [6.07, 6.45) is 5.71. The molecule has 23 heavy (non-hydrogen) atoms. The highest BCUT2D eigenvalue weighted by Crippen LogP contribution is 2.21. The second-order valence-corrected chi connectivity index (χ2v) is 5.96. The molecule has 1 saturated heterocycles. The number of aryl methyl sites for hydroxylation is 1. The molecular formula is C17H20N4O2. The van der Waals surface area contributed by atoms with Crippen molar-refractivity contribution < 1.29 is 9.26 Å². The summed E-state index contributed by atoms with van der Waals surface area (Å²) in [5.41, 5.74) is 1.72. The predicted octanol–water partition coefficient (Wildman–Crippen LogP) is 2.54. The third-order valence-electron chi connectivity index (χ3n) is 4.18. The molecule has 0 spiro atoms. The van der Waals surface area contributed by atoms with Crippen molar-refractivity contribution in [3.8, 4) is 11.9 Å². The minimum Gasteiger partial charge on any atom is -0.477 e. The Kier molecular flexibility index (Phi) is 4.89. The molecule has 0 aromatic carbocycles. The van der Waals surface area contributed by atoms with Gasteiger partial charge in [0.15, 0.2) is 0 Å². The zero-order valence-electron chi connectivity index (χ0n) is 13.2. The van der Waals surface area contributed by atoms with Crippen molar-refractivity contribution in [2.45, 2.75) is 26.3 Å². The van der Waals surface area contributed by atoms with E-state index < -0.39 is 0 Å². The van der Waals surface area contributed by atoms with Crippen LogP contribution in [0.4, 0.5) is 0 Å². The van der Waals surface area contributed by atoms with Crippen molar-refractivity contribution in [1.29, 1.82) is 5.26 Å². The van der Waals surface area contributed by atoms with Gasteiger partial charge in [0.1, 0.15) is 5.76 Å². The summed E-state index contributed by atoms with van der Waals surface area (Å²) >= 11 is 0. The van der Waals surface area contributed by atoms with Gasteiger partial charge in [0.25, 0.3) is 0 Å². The van der Waals surface area contributed by atoms with Crippen molar-refractivity contribution in [3.05, 3.63) is 41.4 Å². The van der Waals surface area contributed by atoms with E-state index in [0.29, 0.717) is 24.0 Å². The van der Waals surface area contributed by atoms with E-state index in [1.54, 1.807) is 24.5 Å². The van der Waals surface area contributed by atoms with Crippen molar-refractivity contribution >= 4 is 0 Å². The molecule has 0 saturated carbocycles. The number of nitriles is 1. The Labute approximate surface area is 135 Å². The molecule has 1 aliphatic rings. The van der Waals surface area contributed by atoms with Crippen molar-refractivity contribution in [1.82, 2.24) is 15.0 Å². The van der Waals surface area contributed by atoms with Crippen LogP contribution in [0, 0.1) is 24.2 Å². The van der Waals surface area contributed by atoms with Crippen molar-refractivity contribution in [2.75, 3.05) is 19.7 Å². The number of hydrogen-bond donors (Lipinski definition) is 0. The standard InChI is InChI=1S/C17H20N4O2/c1-13-16(9-20-23-13)11-21-6-2-3-15(10-21)12-22-17-7-14(8-18)4-5-19-17/h4-5,7,9,15H,2-3,6,10-12H2,1H3. The summed E-state index contributed by atoms with van der Waals surface area (Å²) < 4.78 is 10.9. The van der Waals surface area contributed by atoms with Crippen LogP contribution >= 0.6 is 0 Å². The second kappa shape index (κ2) is 7.25. The average Bonchev–Trinajstić information content (AvgIpc) is 2.98. The molecule has 2 aromatic rings. The molecule has 0 radical (unpaired) electrons. The van der Waals surface area contributed by atoms with Gasteiger partial charge in [-0.25, -0.2) is 4.98 Å². The molecule has 0 aliphatic carbocycles. The molecule has 0 N–H and O–H groups in total. The van der Waals surface area contributed by atoms with E-state index in [1.807, 2.05) is 6.92 Å². The van der Waals surface area contributed by atoms with Crippen LogP contribution < -0.4 is 4.74 Å². The molecule has 120 valence electrons. The summed E-state index contributed by atoms with van der Waals surface area (Å²) in [5, 5.41) is 12.7. The molecule has 0 amide bonds. The lowest BCUT2D eigenvalue weighted by Gasteiger charge is -2.32. The van der Waals surface area contributed by atoms with Gasteiger partial charge >= 0.3 is 0 Å². The molecule has 3 rings (SSSR count). The van der Waals surface area contributed by atoms with E-state index in [0.717, 1.165) is 43.8 Å². The zero-order valence-corrected chi connectivity index (χ0v) is 13.2. The van der Waals surface area contributed by atoms with E-state index in [9.17, 15) is 0 Å². The van der Waals surface area contributed by atoms with Crippen LogP contribution in [0.1, 0.15) is 29.7 Å². The number of piperidine rings is 1. The fourth-order valence-corrected chi connectivity index (χ4v) is 2.90. The zero-order chi connectivity index (χ0) is 16.1. The maximum absolute atomic E-state index is 8.91. The van der Waals surface area contributed by atoms with E-state index in [-0.39, 0.29) is 0 Å².